The van der Waals surface area contributed by atoms with Gasteiger partial charge in [-0.1, -0.05) is 23.7 Å². The van der Waals surface area contributed by atoms with Crippen LogP contribution in [0.5, 0.6) is 11.5 Å². The number of rotatable bonds is 10. The molecule has 2 aromatic carbocycles. The maximum atomic E-state index is 15.4. The van der Waals surface area contributed by atoms with Crippen molar-refractivity contribution in [2.75, 3.05) is 19.8 Å². The van der Waals surface area contributed by atoms with Crippen LogP contribution in [-0.4, -0.2) is 53.8 Å². The van der Waals surface area contributed by atoms with Gasteiger partial charge in [0.15, 0.2) is 17.3 Å². The highest BCUT2D eigenvalue weighted by molar-refractivity contribution is 6.31. The fourth-order valence-electron chi connectivity index (χ4n) is 4.45. The van der Waals surface area contributed by atoms with E-state index < -0.39 is 29.7 Å². The van der Waals surface area contributed by atoms with Crippen LogP contribution < -0.4 is 14.8 Å². The summed E-state index contributed by atoms with van der Waals surface area (Å²) in [6.07, 6.45) is 0.377. The van der Waals surface area contributed by atoms with E-state index in [2.05, 4.69) is 11.9 Å². The average molecular weight is 549 g/mol. The number of hydrogen-bond acceptors (Lipinski definition) is 6. The number of furan rings is 1. The van der Waals surface area contributed by atoms with E-state index in [-0.39, 0.29) is 24.2 Å². The molecule has 1 aromatic heterocycles. The highest BCUT2D eigenvalue weighted by Crippen LogP contribution is 2.36. The molecule has 10 heteroatoms. The summed E-state index contributed by atoms with van der Waals surface area (Å²) in [5, 5.41) is 14.4. The quantitative estimate of drug-likeness (QED) is 0.328. The Balaban J connectivity index is 1.64. The minimum absolute atomic E-state index is 0.0319. The van der Waals surface area contributed by atoms with Crippen LogP contribution in [-0.2, 0) is 10.7 Å². The number of carbonyl (C=O) groups excluding carboxylic acids is 1. The van der Waals surface area contributed by atoms with Crippen LogP contribution in [0.25, 0.3) is 11.0 Å². The molecule has 4 rings (SSSR count). The molecule has 0 fully saturated rings. The molecular weight excluding hydrogens is 518 g/mol. The molecule has 1 amide bonds. The first kappa shape index (κ1) is 27.9. The molecule has 3 aromatic rings. The number of fused-ring (bicyclic) bond motifs is 2. The van der Waals surface area contributed by atoms with Crippen molar-refractivity contribution in [1.82, 2.24) is 10.2 Å². The summed E-state index contributed by atoms with van der Waals surface area (Å²) in [7, 11) is 0. The van der Waals surface area contributed by atoms with Crippen LogP contribution in [0.3, 0.4) is 0 Å². The maximum absolute atomic E-state index is 15.4. The minimum atomic E-state index is -4.01. The number of benzene rings is 2. The number of ether oxygens (including phenoxy) is 2. The molecule has 3 atom stereocenters. The number of carbonyl (C=O) groups is 1. The number of nitrogens with zero attached hydrogens (tertiary/aromatic N) is 1. The molecule has 38 heavy (non-hydrogen) atoms. The van der Waals surface area contributed by atoms with Crippen molar-refractivity contribution in [3.8, 4) is 11.5 Å². The lowest BCUT2D eigenvalue weighted by Crippen LogP contribution is -2.53. The molecule has 0 saturated carbocycles. The number of hydrogen-bond donors (Lipinski definition) is 2. The third kappa shape index (κ3) is 5.80. The summed E-state index contributed by atoms with van der Waals surface area (Å²) in [5.41, 5.74) is 0.562. The van der Waals surface area contributed by atoms with E-state index in [1.54, 1.807) is 24.3 Å². The second-order valence-electron chi connectivity index (χ2n) is 9.56. The lowest BCUT2D eigenvalue weighted by Gasteiger charge is -2.36. The molecule has 0 bridgehead atoms. The zero-order chi connectivity index (χ0) is 27.6. The first-order valence-electron chi connectivity index (χ1n) is 12.4. The summed E-state index contributed by atoms with van der Waals surface area (Å²) >= 11 is 5.96. The van der Waals surface area contributed by atoms with Crippen molar-refractivity contribution in [2.24, 2.45) is 0 Å². The maximum Gasteiger partial charge on any atom is 0.380 e. The monoisotopic (exact) mass is 548 g/mol. The SMILES string of the molecule is C=CC(C)N(C[C@@H](NC(=O)C(F)(F)c1cc2cc(Cl)ccc2o1)[C@H](O)c1ccc2c(c1)OCCO2)C(C)C. The molecule has 1 aliphatic heterocycles. The number of halogens is 3. The Bertz CT molecular complexity index is 1310. The van der Waals surface area contributed by atoms with Crippen LogP contribution in [0.2, 0.25) is 5.02 Å². The third-order valence-corrected chi connectivity index (χ3v) is 6.85. The smallest absolute Gasteiger partial charge is 0.380 e. The Hall–Kier alpha value is -3.14. The molecule has 0 spiro atoms. The summed E-state index contributed by atoms with van der Waals surface area (Å²) in [6.45, 7) is 10.4. The average Bonchev–Trinajstić information content (AvgIpc) is 3.33. The first-order valence-corrected chi connectivity index (χ1v) is 12.7. The van der Waals surface area contributed by atoms with Crippen molar-refractivity contribution >= 4 is 28.5 Å². The van der Waals surface area contributed by atoms with Gasteiger partial charge in [0.25, 0.3) is 5.91 Å². The molecule has 2 N–H and O–H groups in total. The molecule has 1 unspecified atom stereocenters. The van der Waals surface area contributed by atoms with Crippen LogP contribution in [0.15, 0.2) is 59.5 Å². The van der Waals surface area contributed by atoms with Gasteiger partial charge in [-0.3, -0.25) is 9.69 Å². The molecule has 0 radical (unpaired) electrons. The van der Waals surface area contributed by atoms with Gasteiger partial charge in [-0.25, -0.2) is 0 Å². The molecule has 1 aliphatic rings. The number of amides is 1. The predicted octanol–water partition coefficient (Wildman–Crippen LogP) is 5.45. The van der Waals surface area contributed by atoms with Gasteiger partial charge in [0.2, 0.25) is 0 Å². The second kappa shape index (κ2) is 11.3. The zero-order valence-electron chi connectivity index (χ0n) is 21.4. The number of aliphatic hydroxyl groups excluding tert-OH is 1. The van der Waals surface area contributed by atoms with Crippen molar-refractivity contribution < 1.29 is 32.6 Å². The lowest BCUT2D eigenvalue weighted by atomic mass is 9.99. The zero-order valence-corrected chi connectivity index (χ0v) is 22.2. The summed E-state index contributed by atoms with van der Waals surface area (Å²) in [6, 6.07) is 9.10. The van der Waals surface area contributed by atoms with E-state index in [1.165, 1.54) is 18.2 Å². The summed E-state index contributed by atoms with van der Waals surface area (Å²) in [5.74, 6) is -5.47. The van der Waals surface area contributed by atoms with E-state index in [0.717, 1.165) is 6.07 Å². The fraction of sp³-hybridized carbons (Fsp3) is 0.393. The largest absolute Gasteiger partial charge is 0.486 e. The summed E-state index contributed by atoms with van der Waals surface area (Å²) in [4.78, 5) is 15.0. The van der Waals surface area contributed by atoms with Crippen molar-refractivity contribution in [3.63, 3.8) is 0 Å². The van der Waals surface area contributed by atoms with Crippen molar-refractivity contribution in [2.45, 2.75) is 50.9 Å². The predicted molar refractivity (Wildman–Crippen MR) is 141 cm³/mol. The van der Waals surface area contributed by atoms with Crippen LogP contribution in [0.4, 0.5) is 8.78 Å². The lowest BCUT2D eigenvalue weighted by molar-refractivity contribution is -0.151. The van der Waals surface area contributed by atoms with Gasteiger partial charge >= 0.3 is 5.92 Å². The van der Waals surface area contributed by atoms with Gasteiger partial charge in [0.05, 0.1) is 6.04 Å². The van der Waals surface area contributed by atoms with Crippen LogP contribution in [0.1, 0.15) is 38.2 Å². The number of aliphatic hydroxyl groups is 1. The fourth-order valence-corrected chi connectivity index (χ4v) is 4.63. The molecule has 0 saturated heterocycles. The number of alkyl halides is 2. The minimum Gasteiger partial charge on any atom is -0.486 e. The van der Waals surface area contributed by atoms with E-state index in [9.17, 15) is 9.90 Å². The van der Waals surface area contributed by atoms with E-state index in [4.69, 9.17) is 25.5 Å². The third-order valence-electron chi connectivity index (χ3n) is 6.61. The van der Waals surface area contributed by atoms with E-state index in [1.807, 2.05) is 25.7 Å². The molecule has 2 heterocycles. The standard InChI is InChI=1S/C28H31ClF2N2O5/c1-5-17(4)33(16(2)3)15-21(26(34)18-6-8-23-24(13-18)37-11-10-36-23)32-27(35)28(30,31)25-14-19-12-20(29)7-9-22(19)38-25/h5-9,12-14,16-17,21,26,34H,1,10-11,15H2,2-4H3,(H,32,35)/t17?,21-,26-/m1/s1. The Morgan fingerprint density at radius 3 is 2.55 bits per heavy atom. The van der Waals surface area contributed by atoms with E-state index in [0.29, 0.717) is 40.7 Å². The normalized spacial score (nSPS) is 15.9. The molecule has 204 valence electrons. The Morgan fingerprint density at radius 1 is 1.16 bits per heavy atom. The van der Waals surface area contributed by atoms with Crippen LogP contribution in [0, 0.1) is 0 Å². The molecule has 0 aliphatic carbocycles. The summed E-state index contributed by atoms with van der Waals surface area (Å²) < 4.78 is 47.2. The molecule has 7 nitrogen and oxygen atoms in total. The van der Waals surface area contributed by atoms with Crippen molar-refractivity contribution in [3.05, 3.63) is 71.5 Å². The second-order valence-corrected chi connectivity index (χ2v) is 10.00. The Labute approximate surface area is 225 Å². The van der Waals surface area contributed by atoms with E-state index >= 15 is 8.78 Å². The number of nitrogens with one attached hydrogen (secondary N) is 1. The Morgan fingerprint density at radius 2 is 1.87 bits per heavy atom. The highest BCUT2D eigenvalue weighted by Gasteiger charge is 2.46. The molecular formula is C28H31ClF2N2O5. The van der Waals surface area contributed by atoms with Gasteiger partial charge < -0.3 is 24.3 Å². The highest BCUT2D eigenvalue weighted by atomic mass is 35.5. The van der Waals surface area contributed by atoms with Gasteiger partial charge in [0, 0.05) is 29.0 Å². The van der Waals surface area contributed by atoms with Gasteiger partial charge in [-0.15, -0.1) is 6.58 Å². The van der Waals surface area contributed by atoms with Gasteiger partial charge in [-0.05, 0) is 62.7 Å². The Kier molecular flexibility index (Phi) is 8.30. The topological polar surface area (TPSA) is 84.2 Å². The first-order chi connectivity index (χ1) is 18.0. The van der Waals surface area contributed by atoms with Crippen molar-refractivity contribution in [1.29, 1.82) is 0 Å². The van der Waals surface area contributed by atoms with Crippen LogP contribution >= 0.6 is 11.6 Å². The van der Waals surface area contributed by atoms with Gasteiger partial charge in [-0.2, -0.15) is 8.78 Å². The van der Waals surface area contributed by atoms with Gasteiger partial charge in [0.1, 0.15) is 24.9 Å².